The summed E-state index contributed by atoms with van der Waals surface area (Å²) in [5, 5.41) is 12.5. The molecule has 2 heterocycles. The molecule has 1 unspecified atom stereocenters. The van der Waals surface area contributed by atoms with E-state index in [0.717, 1.165) is 21.6 Å². The lowest BCUT2D eigenvalue weighted by molar-refractivity contribution is 0.598. The first-order valence-corrected chi connectivity index (χ1v) is 6.92. The summed E-state index contributed by atoms with van der Waals surface area (Å²) in [6, 6.07) is 0. The Balaban J connectivity index is 2.25. The van der Waals surface area contributed by atoms with Crippen molar-refractivity contribution in [2.24, 2.45) is 7.05 Å². The molecule has 0 aliphatic rings. The van der Waals surface area contributed by atoms with E-state index in [-0.39, 0.29) is 4.83 Å². The van der Waals surface area contributed by atoms with Crippen molar-refractivity contribution >= 4 is 31.9 Å². The van der Waals surface area contributed by atoms with Crippen molar-refractivity contribution < 1.29 is 0 Å². The van der Waals surface area contributed by atoms with E-state index in [1.54, 1.807) is 0 Å². The maximum atomic E-state index is 4.35. The van der Waals surface area contributed by atoms with Gasteiger partial charge in [0.25, 0.3) is 0 Å². The van der Waals surface area contributed by atoms with Crippen LogP contribution in [0.4, 0.5) is 0 Å². The number of hydrogen-bond acceptors (Lipinski definition) is 3. The van der Waals surface area contributed by atoms with Crippen LogP contribution in [0.5, 0.6) is 0 Å². The van der Waals surface area contributed by atoms with E-state index in [2.05, 4.69) is 47.3 Å². The molecule has 2 aromatic rings. The van der Waals surface area contributed by atoms with E-state index in [0.29, 0.717) is 6.54 Å². The lowest BCUT2D eigenvalue weighted by Gasteiger charge is -2.02. The topological polar surface area (TPSA) is 48.5 Å². The largest absolute Gasteiger partial charge is 0.269 e. The Morgan fingerprint density at radius 2 is 2.18 bits per heavy atom. The Kier molecular flexibility index (Phi) is 3.67. The van der Waals surface area contributed by atoms with E-state index in [4.69, 9.17) is 0 Å². The molecule has 2 aromatic heterocycles. The second kappa shape index (κ2) is 4.89. The van der Waals surface area contributed by atoms with Crippen LogP contribution >= 0.6 is 31.9 Å². The predicted octanol–water partition coefficient (Wildman–Crippen LogP) is 2.59. The summed E-state index contributed by atoms with van der Waals surface area (Å²) in [7, 11) is 1.93. The zero-order valence-electron chi connectivity index (χ0n) is 9.85. The van der Waals surface area contributed by atoms with Crippen LogP contribution in [0.25, 0.3) is 0 Å². The SMILES string of the molecule is Cc1nn(C)c(Cn2cc(C(C)Br)nn2)c1Br. The van der Waals surface area contributed by atoms with Gasteiger partial charge in [-0.1, -0.05) is 21.1 Å². The van der Waals surface area contributed by atoms with E-state index in [1.165, 1.54) is 0 Å². The van der Waals surface area contributed by atoms with Gasteiger partial charge in [-0.15, -0.1) is 5.10 Å². The first-order chi connectivity index (χ1) is 7.99. The van der Waals surface area contributed by atoms with Gasteiger partial charge in [0.2, 0.25) is 0 Å². The lowest BCUT2D eigenvalue weighted by Crippen LogP contribution is -2.06. The summed E-state index contributed by atoms with van der Waals surface area (Å²) in [6.45, 7) is 4.66. The molecule has 0 spiro atoms. The zero-order chi connectivity index (χ0) is 12.6. The van der Waals surface area contributed by atoms with Crippen LogP contribution in [-0.2, 0) is 13.6 Å². The highest BCUT2D eigenvalue weighted by Crippen LogP contribution is 2.22. The summed E-state index contributed by atoms with van der Waals surface area (Å²) < 4.78 is 4.70. The second-order valence-electron chi connectivity index (χ2n) is 3.93. The zero-order valence-corrected chi connectivity index (χ0v) is 13.0. The Morgan fingerprint density at radius 3 is 2.65 bits per heavy atom. The average molecular weight is 363 g/mol. The first kappa shape index (κ1) is 12.8. The Morgan fingerprint density at radius 1 is 1.47 bits per heavy atom. The van der Waals surface area contributed by atoms with Gasteiger partial charge in [-0.25, -0.2) is 4.68 Å². The number of alkyl halides is 1. The highest BCUT2D eigenvalue weighted by molar-refractivity contribution is 9.10. The van der Waals surface area contributed by atoms with Gasteiger partial charge in [-0.2, -0.15) is 5.10 Å². The fourth-order valence-corrected chi connectivity index (χ4v) is 2.25. The molecule has 1 atom stereocenters. The van der Waals surface area contributed by atoms with Crippen molar-refractivity contribution in [1.29, 1.82) is 0 Å². The summed E-state index contributed by atoms with van der Waals surface area (Å²) in [4.78, 5) is 0.216. The third-order valence-electron chi connectivity index (χ3n) is 2.54. The highest BCUT2D eigenvalue weighted by Gasteiger charge is 2.13. The lowest BCUT2D eigenvalue weighted by atomic mass is 10.3. The number of rotatable bonds is 3. The number of aromatic nitrogens is 5. The molecule has 0 saturated heterocycles. The van der Waals surface area contributed by atoms with Crippen molar-refractivity contribution in [3.8, 4) is 0 Å². The van der Waals surface area contributed by atoms with Gasteiger partial charge in [-0.05, 0) is 29.8 Å². The van der Waals surface area contributed by atoms with Crippen LogP contribution in [-0.4, -0.2) is 24.8 Å². The van der Waals surface area contributed by atoms with Gasteiger partial charge in [0.1, 0.15) is 0 Å². The molecule has 0 fully saturated rings. The summed E-state index contributed by atoms with van der Waals surface area (Å²) >= 11 is 7.01. The van der Waals surface area contributed by atoms with E-state index in [1.807, 2.05) is 36.5 Å². The molecule has 7 heteroatoms. The van der Waals surface area contributed by atoms with E-state index >= 15 is 0 Å². The minimum absolute atomic E-state index is 0.216. The van der Waals surface area contributed by atoms with Gasteiger partial charge >= 0.3 is 0 Å². The molecule has 0 aliphatic carbocycles. The summed E-state index contributed by atoms with van der Waals surface area (Å²) in [5.41, 5.74) is 3.00. The minimum atomic E-state index is 0.216. The predicted molar refractivity (Wildman–Crippen MR) is 72.1 cm³/mol. The third kappa shape index (κ3) is 2.60. The molecule has 5 nitrogen and oxygen atoms in total. The molecule has 0 saturated carbocycles. The maximum absolute atomic E-state index is 4.35. The molecule has 17 heavy (non-hydrogen) atoms. The number of hydrogen-bond donors (Lipinski definition) is 0. The Bertz CT molecular complexity index is 529. The second-order valence-corrected chi connectivity index (χ2v) is 6.09. The van der Waals surface area contributed by atoms with Gasteiger partial charge in [0.05, 0.1) is 39.1 Å². The third-order valence-corrected chi connectivity index (χ3v) is 4.04. The van der Waals surface area contributed by atoms with Crippen LogP contribution in [0.2, 0.25) is 0 Å². The molecular weight excluding hydrogens is 350 g/mol. The minimum Gasteiger partial charge on any atom is -0.269 e. The standard InChI is InChI=1S/C10H13Br2N5/c1-6(11)8-4-17(15-13-8)5-9-10(12)7(2)14-16(9)3/h4,6H,5H2,1-3H3. The van der Waals surface area contributed by atoms with E-state index < -0.39 is 0 Å². The van der Waals surface area contributed by atoms with Crippen molar-refractivity contribution in [2.45, 2.75) is 25.2 Å². The van der Waals surface area contributed by atoms with Gasteiger partial charge in [-0.3, -0.25) is 4.68 Å². The molecule has 0 radical (unpaired) electrons. The fourth-order valence-electron chi connectivity index (χ4n) is 1.58. The first-order valence-electron chi connectivity index (χ1n) is 5.21. The molecule has 0 N–H and O–H groups in total. The molecule has 0 amide bonds. The normalized spacial score (nSPS) is 13.0. The summed E-state index contributed by atoms with van der Waals surface area (Å²) in [5.74, 6) is 0. The monoisotopic (exact) mass is 361 g/mol. The molecular formula is C10H13Br2N5. The van der Waals surface area contributed by atoms with Crippen molar-refractivity contribution in [3.63, 3.8) is 0 Å². The smallest absolute Gasteiger partial charge is 0.0960 e. The Labute approximate surface area is 116 Å². The van der Waals surface area contributed by atoms with Crippen molar-refractivity contribution in [2.75, 3.05) is 0 Å². The van der Waals surface area contributed by atoms with Gasteiger partial charge < -0.3 is 0 Å². The van der Waals surface area contributed by atoms with E-state index in [9.17, 15) is 0 Å². The fraction of sp³-hybridized carbons (Fsp3) is 0.500. The number of nitrogens with zero attached hydrogens (tertiary/aromatic N) is 5. The quantitative estimate of drug-likeness (QED) is 0.788. The van der Waals surface area contributed by atoms with Crippen LogP contribution in [0.3, 0.4) is 0 Å². The molecule has 0 bridgehead atoms. The molecule has 2 rings (SSSR count). The summed E-state index contributed by atoms with van der Waals surface area (Å²) in [6.07, 6.45) is 1.94. The average Bonchev–Trinajstić information content (AvgIpc) is 2.80. The molecule has 0 aromatic carbocycles. The van der Waals surface area contributed by atoms with Crippen LogP contribution in [0.1, 0.15) is 28.8 Å². The van der Waals surface area contributed by atoms with Crippen LogP contribution in [0.15, 0.2) is 10.7 Å². The number of halogens is 2. The van der Waals surface area contributed by atoms with Gasteiger partial charge in [0.15, 0.2) is 0 Å². The maximum Gasteiger partial charge on any atom is 0.0960 e. The van der Waals surface area contributed by atoms with Crippen molar-refractivity contribution in [3.05, 3.63) is 27.8 Å². The van der Waals surface area contributed by atoms with Gasteiger partial charge in [0, 0.05) is 7.05 Å². The van der Waals surface area contributed by atoms with Crippen LogP contribution in [0, 0.1) is 6.92 Å². The Hall–Kier alpha value is -0.690. The van der Waals surface area contributed by atoms with Crippen LogP contribution < -0.4 is 0 Å². The number of aryl methyl sites for hydroxylation is 2. The molecule has 0 aliphatic heterocycles. The molecule has 92 valence electrons. The highest BCUT2D eigenvalue weighted by atomic mass is 79.9. The van der Waals surface area contributed by atoms with Crippen molar-refractivity contribution in [1.82, 2.24) is 24.8 Å².